The maximum Gasteiger partial charge on any atom is 0.186 e. The van der Waals surface area contributed by atoms with Gasteiger partial charge in [0.05, 0.1) is 0 Å². The fraction of sp³-hybridized carbons (Fsp3) is 0.714. The van der Waals surface area contributed by atoms with Gasteiger partial charge in [0.15, 0.2) is 10.9 Å². The van der Waals surface area contributed by atoms with Crippen LogP contribution in [0.3, 0.4) is 0 Å². The number of aryl methyl sites for hydroxylation is 1. The average molecular weight is 296 g/mol. The monoisotopic (exact) mass is 296 g/mol. The van der Waals surface area contributed by atoms with E-state index in [9.17, 15) is 4.79 Å². The van der Waals surface area contributed by atoms with Crippen molar-refractivity contribution >= 4 is 34.0 Å². The Kier molecular flexibility index (Phi) is 4.12. The number of Topliss-reactive ketones (excluding diaryl/α,β-unsaturated/α-hetero) is 1. The number of aromatic nitrogens is 1. The van der Waals surface area contributed by atoms with Gasteiger partial charge in [0.25, 0.3) is 0 Å². The fourth-order valence-electron chi connectivity index (χ4n) is 2.88. The third kappa shape index (κ3) is 2.82. The second-order valence-corrected chi connectivity index (χ2v) is 7.52. The quantitative estimate of drug-likeness (QED) is 0.837. The molecule has 19 heavy (non-hydrogen) atoms. The van der Waals surface area contributed by atoms with Gasteiger partial charge in [-0.15, -0.1) is 11.3 Å². The third-order valence-electron chi connectivity index (χ3n) is 4.04. The lowest BCUT2D eigenvalue weighted by molar-refractivity contribution is 0.0968. The van der Waals surface area contributed by atoms with Crippen molar-refractivity contribution in [1.29, 1.82) is 0 Å². The Hall–Kier alpha value is -0.550. The number of thioether (sulfide) groups is 1. The Morgan fingerprint density at radius 1 is 1.26 bits per heavy atom. The van der Waals surface area contributed by atoms with Crippen molar-refractivity contribution in [2.45, 2.75) is 43.8 Å². The van der Waals surface area contributed by atoms with E-state index >= 15 is 0 Å². The molecule has 3 nitrogen and oxygen atoms in total. The number of rotatable bonds is 2. The highest BCUT2D eigenvalue weighted by Crippen LogP contribution is 2.33. The minimum Gasteiger partial charge on any atom is -0.348 e. The smallest absolute Gasteiger partial charge is 0.186 e. The van der Waals surface area contributed by atoms with E-state index in [-0.39, 0.29) is 5.78 Å². The van der Waals surface area contributed by atoms with Crippen LogP contribution in [0.25, 0.3) is 0 Å². The van der Waals surface area contributed by atoms with Gasteiger partial charge >= 0.3 is 0 Å². The number of hydrogen-bond acceptors (Lipinski definition) is 5. The second kappa shape index (κ2) is 5.83. The summed E-state index contributed by atoms with van der Waals surface area (Å²) < 4.78 is 0. The van der Waals surface area contributed by atoms with Gasteiger partial charge in [-0.25, -0.2) is 4.98 Å². The number of fused-ring (bicyclic) bond motifs is 1. The van der Waals surface area contributed by atoms with E-state index in [2.05, 4.69) is 16.1 Å². The number of ketones is 1. The normalized spacial score (nSPS) is 24.2. The Morgan fingerprint density at radius 3 is 2.95 bits per heavy atom. The third-order valence-corrected chi connectivity index (χ3v) is 6.35. The van der Waals surface area contributed by atoms with Gasteiger partial charge < -0.3 is 4.90 Å². The Labute approximate surface area is 122 Å². The van der Waals surface area contributed by atoms with Crippen molar-refractivity contribution in [2.75, 3.05) is 24.2 Å². The summed E-state index contributed by atoms with van der Waals surface area (Å²) in [6, 6.07) is 0. The van der Waals surface area contributed by atoms with E-state index < -0.39 is 0 Å². The molecule has 1 saturated heterocycles. The Morgan fingerprint density at radius 2 is 2.16 bits per heavy atom. The molecular formula is C14H20N2OS2. The standard InChI is InChI=1S/C14H20N2OS2/c1-18-10-4-3-8-16(9-7-10)14-15-13-11(17)5-2-6-12(13)19-14/h10H,2-9H2,1H3. The van der Waals surface area contributed by atoms with E-state index in [0.29, 0.717) is 6.42 Å². The zero-order chi connectivity index (χ0) is 13.2. The van der Waals surface area contributed by atoms with Gasteiger partial charge in [0.1, 0.15) is 5.69 Å². The highest BCUT2D eigenvalue weighted by atomic mass is 32.2. The molecule has 1 aliphatic carbocycles. The molecule has 0 amide bonds. The van der Waals surface area contributed by atoms with Gasteiger partial charge in [-0.05, 0) is 38.4 Å². The number of nitrogens with zero attached hydrogens (tertiary/aromatic N) is 2. The maximum atomic E-state index is 11.9. The topological polar surface area (TPSA) is 33.2 Å². The lowest BCUT2D eigenvalue weighted by Gasteiger charge is -2.19. The zero-order valence-electron chi connectivity index (χ0n) is 11.4. The molecule has 0 aromatic carbocycles. The minimum atomic E-state index is 0.251. The van der Waals surface area contributed by atoms with Gasteiger partial charge in [-0.2, -0.15) is 11.8 Å². The fourth-order valence-corrected chi connectivity index (χ4v) is 4.80. The first-order valence-electron chi connectivity index (χ1n) is 7.08. The summed E-state index contributed by atoms with van der Waals surface area (Å²) in [6.45, 7) is 2.18. The van der Waals surface area contributed by atoms with Crippen LogP contribution in [0, 0.1) is 0 Å². The molecule has 2 aliphatic rings. The molecule has 0 radical (unpaired) electrons. The molecule has 1 atom stereocenters. The highest BCUT2D eigenvalue weighted by molar-refractivity contribution is 7.99. The van der Waals surface area contributed by atoms with Crippen molar-refractivity contribution in [3.63, 3.8) is 0 Å². The lowest BCUT2D eigenvalue weighted by atomic mass is 10.0. The summed E-state index contributed by atoms with van der Waals surface area (Å²) in [4.78, 5) is 20.1. The Bertz CT molecular complexity index is 472. The van der Waals surface area contributed by atoms with Crippen LogP contribution < -0.4 is 4.90 Å². The maximum absolute atomic E-state index is 11.9. The van der Waals surface area contributed by atoms with Crippen LogP contribution >= 0.6 is 23.1 Å². The van der Waals surface area contributed by atoms with Crippen LogP contribution in [0.2, 0.25) is 0 Å². The van der Waals surface area contributed by atoms with Gasteiger partial charge in [0.2, 0.25) is 0 Å². The number of anilines is 1. The molecule has 5 heteroatoms. The van der Waals surface area contributed by atoms with Crippen LogP contribution in [0.5, 0.6) is 0 Å². The molecule has 1 fully saturated rings. The summed E-state index contributed by atoms with van der Waals surface area (Å²) >= 11 is 3.74. The summed E-state index contributed by atoms with van der Waals surface area (Å²) in [5.74, 6) is 0.251. The Balaban J connectivity index is 1.77. The second-order valence-electron chi connectivity index (χ2n) is 5.32. The number of carbonyl (C=O) groups excluding carboxylic acids is 1. The number of hydrogen-bond donors (Lipinski definition) is 0. The summed E-state index contributed by atoms with van der Waals surface area (Å²) in [6.07, 6.45) is 8.72. The van der Waals surface area contributed by atoms with Gasteiger partial charge in [0, 0.05) is 29.6 Å². The first-order valence-corrected chi connectivity index (χ1v) is 9.19. The zero-order valence-corrected chi connectivity index (χ0v) is 13.0. The minimum absolute atomic E-state index is 0.251. The van der Waals surface area contributed by atoms with E-state index in [1.165, 1.54) is 24.1 Å². The number of thiazole rings is 1. The molecule has 1 unspecified atom stereocenters. The predicted octanol–water partition coefficient (Wildman–Crippen LogP) is 3.38. The van der Waals surface area contributed by atoms with E-state index in [1.807, 2.05) is 11.8 Å². The molecular weight excluding hydrogens is 276 g/mol. The van der Waals surface area contributed by atoms with Crippen molar-refractivity contribution in [3.8, 4) is 0 Å². The molecule has 3 rings (SSSR count). The van der Waals surface area contributed by atoms with E-state index in [1.54, 1.807) is 11.3 Å². The molecule has 0 N–H and O–H groups in total. The lowest BCUT2D eigenvalue weighted by Crippen LogP contribution is -2.24. The summed E-state index contributed by atoms with van der Waals surface area (Å²) in [5.41, 5.74) is 0.775. The van der Waals surface area contributed by atoms with Crippen LogP contribution in [0.15, 0.2) is 0 Å². The van der Waals surface area contributed by atoms with Crippen molar-refractivity contribution in [3.05, 3.63) is 10.6 Å². The van der Waals surface area contributed by atoms with Crippen LogP contribution in [-0.2, 0) is 6.42 Å². The van der Waals surface area contributed by atoms with Crippen molar-refractivity contribution < 1.29 is 4.79 Å². The molecule has 0 spiro atoms. The summed E-state index contributed by atoms with van der Waals surface area (Å²) in [7, 11) is 0. The van der Waals surface area contributed by atoms with Crippen LogP contribution in [0.4, 0.5) is 5.13 Å². The van der Waals surface area contributed by atoms with Crippen LogP contribution in [-0.4, -0.2) is 35.4 Å². The molecule has 2 heterocycles. The van der Waals surface area contributed by atoms with Gasteiger partial charge in [-0.1, -0.05) is 0 Å². The molecule has 0 saturated carbocycles. The molecule has 1 aromatic rings. The number of carbonyl (C=O) groups is 1. The van der Waals surface area contributed by atoms with Crippen molar-refractivity contribution in [2.24, 2.45) is 0 Å². The van der Waals surface area contributed by atoms with Crippen molar-refractivity contribution in [1.82, 2.24) is 4.98 Å². The first-order chi connectivity index (χ1) is 9.28. The van der Waals surface area contributed by atoms with E-state index in [0.717, 1.165) is 42.0 Å². The highest BCUT2D eigenvalue weighted by Gasteiger charge is 2.25. The molecule has 1 aliphatic heterocycles. The molecule has 0 bridgehead atoms. The first kappa shape index (κ1) is 13.4. The van der Waals surface area contributed by atoms with Gasteiger partial charge in [-0.3, -0.25) is 4.79 Å². The van der Waals surface area contributed by atoms with Crippen LogP contribution in [0.1, 0.15) is 47.5 Å². The predicted molar refractivity (Wildman–Crippen MR) is 82.7 cm³/mol. The van der Waals surface area contributed by atoms with E-state index in [4.69, 9.17) is 0 Å². The summed E-state index contributed by atoms with van der Waals surface area (Å²) in [5, 5.41) is 1.88. The molecule has 104 valence electrons. The average Bonchev–Trinajstić information content (AvgIpc) is 2.71. The SMILES string of the molecule is CSC1CCCN(c2nc3c(s2)CCCC3=O)CC1. The largest absolute Gasteiger partial charge is 0.348 e. The molecule has 1 aromatic heterocycles.